The van der Waals surface area contributed by atoms with Crippen LogP contribution in [0.15, 0.2) is 24.4 Å². The van der Waals surface area contributed by atoms with E-state index in [1.807, 2.05) is 0 Å². The summed E-state index contributed by atoms with van der Waals surface area (Å²) in [5.41, 5.74) is 0.578. The summed E-state index contributed by atoms with van der Waals surface area (Å²) in [5, 5.41) is 12.1. The third kappa shape index (κ3) is 2.61. The average molecular weight is 276 g/mol. The number of carboxylic acids is 1. The van der Waals surface area contributed by atoms with Crippen molar-refractivity contribution in [3.05, 3.63) is 30.0 Å². The van der Waals surface area contributed by atoms with E-state index < -0.39 is 17.8 Å². The SMILES string of the molecule is CCOC(=O)C(=O)Nc1cc2[nH]ccc2cc1C(=O)O. The number of benzene rings is 1. The van der Waals surface area contributed by atoms with Crippen molar-refractivity contribution in [1.29, 1.82) is 0 Å². The fraction of sp³-hybridized carbons (Fsp3) is 0.154. The minimum atomic E-state index is -1.20. The zero-order valence-corrected chi connectivity index (χ0v) is 10.6. The van der Waals surface area contributed by atoms with E-state index in [2.05, 4.69) is 15.0 Å². The monoisotopic (exact) mass is 276 g/mol. The van der Waals surface area contributed by atoms with Crippen LogP contribution in [0.3, 0.4) is 0 Å². The molecular weight excluding hydrogens is 264 g/mol. The molecule has 0 radical (unpaired) electrons. The lowest BCUT2D eigenvalue weighted by Crippen LogP contribution is -2.26. The van der Waals surface area contributed by atoms with E-state index in [0.29, 0.717) is 10.9 Å². The molecule has 3 N–H and O–H groups in total. The summed E-state index contributed by atoms with van der Waals surface area (Å²) in [6, 6.07) is 4.57. The van der Waals surface area contributed by atoms with Crippen molar-refractivity contribution in [2.45, 2.75) is 6.92 Å². The van der Waals surface area contributed by atoms with E-state index in [0.717, 1.165) is 0 Å². The third-order valence-corrected chi connectivity index (χ3v) is 2.63. The highest BCUT2D eigenvalue weighted by Crippen LogP contribution is 2.23. The highest BCUT2D eigenvalue weighted by atomic mass is 16.5. The van der Waals surface area contributed by atoms with Gasteiger partial charge in [0.25, 0.3) is 0 Å². The van der Waals surface area contributed by atoms with Crippen molar-refractivity contribution in [1.82, 2.24) is 4.98 Å². The molecule has 2 rings (SSSR count). The summed E-state index contributed by atoms with van der Waals surface area (Å²) in [4.78, 5) is 36.9. The van der Waals surface area contributed by atoms with Crippen LogP contribution in [-0.2, 0) is 14.3 Å². The highest BCUT2D eigenvalue weighted by Gasteiger charge is 2.19. The first-order valence-corrected chi connectivity index (χ1v) is 5.85. The van der Waals surface area contributed by atoms with Crippen molar-refractivity contribution in [2.24, 2.45) is 0 Å². The molecular formula is C13H12N2O5. The number of carboxylic acid groups (broad SMARTS) is 1. The Morgan fingerprint density at radius 2 is 2.10 bits per heavy atom. The van der Waals surface area contributed by atoms with Gasteiger partial charge in [-0.25, -0.2) is 9.59 Å². The summed E-state index contributed by atoms with van der Waals surface area (Å²) in [7, 11) is 0. The van der Waals surface area contributed by atoms with Gasteiger partial charge in [-0.1, -0.05) is 0 Å². The lowest BCUT2D eigenvalue weighted by molar-refractivity contribution is -0.152. The molecule has 0 spiro atoms. The molecule has 0 aliphatic heterocycles. The number of rotatable bonds is 3. The molecule has 0 fully saturated rings. The van der Waals surface area contributed by atoms with Crippen LogP contribution in [0.1, 0.15) is 17.3 Å². The van der Waals surface area contributed by atoms with Crippen LogP contribution in [0, 0.1) is 0 Å². The van der Waals surface area contributed by atoms with Crippen LogP contribution < -0.4 is 5.32 Å². The van der Waals surface area contributed by atoms with Gasteiger partial charge in [-0.3, -0.25) is 4.79 Å². The number of H-pyrrole nitrogens is 1. The smallest absolute Gasteiger partial charge is 0.397 e. The summed E-state index contributed by atoms with van der Waals surface area (Å²) in [6.07, 6.45) is 1.65. The molecule has 0 atom stereocenters. The third-order valence-electron chi connectivity index (χ3n) is 2.63. The van der Waals surface area contributed by atoms with E-state index >= 15 is 0 Å². The van der Waals surface area contributed by atoms with Gasteiger partial charge in [-0.05, 0) is 25.1 Å². The number of fused-ring (bicyclic) bond motifs is 1. The number of aromatic nitrogens is 1. The van der Waals surface area contributed by atoms with Crippen LogP contribution in [0.25, 0.3) is 10.9 Å². The summed E-state index contributed by atoms with van der Waals surface area (Å²) in [5.74, 6) is -3.28. The minimum Gasteiger partial charge on any atom is -0.478 e. The van der Waals surface area contributed by atoms with Crippen molar-refractivity contribution >= 4 is 34.4 Å². The first-order valence-electron chi connectivity index (χ1n) is 5.85. The Labute approximate surface area is 113 Å². The van der Waals surface area contributed by atoms with Gasteiger partial charge in [0.05, 0.1) is 17.9 Å². The lowest BCUT2D eigenvalue weighted by atomic mass is 10.1. The Hall–Kier alpha value is -2.83. The van der Waals surface area contributed by atoms with E-state index in [9.17, 15) is 14.4 Å². The quantitative estimate of drug-likeness (QED) is 0.579. The zero-order valence-electron chi connectivity index (χ0n) is 10.6. The Morgan fingerprint density at radius 3 is 2.75 bits per heavy atom. The number of esters is 1. The van der Waals surface area contributed by atoms with Crippen LogP contribution in [-0.4, -0.2) is 34.5 Å². The van der Waals surface area contributed by atoms with Gasteiger partial charge in [0.1, 0.15) is 0 Å². The number of carbonyl (C=O) groups is 3. The average Bonchev–Trinajstić information content (AvgIpc) is 2.84. The topological polar surface area (TPSA) is 108 Å². The number of amides is 1. The van der Waals surface area contributed by atoms with Gasteiger partial charge < -0.3 is 20.1 Å². The van der Waals surface area contributed by atoms with Crippen LogP contribution in [0.5, 0.6) is 0 Å². The number of ether oxygens (including phenoxy) is 1. The zero-order chi connectivity index (χ0) is 14.7. The van der Waals surface area contributed by atoms with E-state index in [1.165, 1.54) is 12.1 Å². The standard InChI is InChI=1S/C13H12N2O5/c1-2-20-13(19)11(16)15-10-6-9-7(3-4-14-9)5-8(10)12(17)18/h3-6,14H,2H2,1H3,(H,15,16)(H,17,18). The van der Waals surface area contributed by atoms with Crippen molar-refractivity contribution in [3.63, 3.8) is 0 Å². The fourth-order valence-electron chi connectivity index (χ4n) is 1.75. The van der Waals surface area contributed by atoms with Crippen LogP contribution >= 0.6 is 0 Å². The summed E-state index contributed by atoms with van der Waals surface area (Å²) >= 11 is 0. The number of aromatic carboxylic acids is 1. The normalized spacial score (nSPS) is 10.2. The first-order chi connectivity index (χ1) is 9.52. The van der Waals surface area contributed by atoms with Gasteiger partial charge >= 0.3 is 17.8 Å². The Balaban J connectivity index is 2.36. The number of nitrogens with one attached hydrogen (secondary N) is 2. The predicted octanol–water partition coefficient (Wildman–Crippen LogP) is 1.37. The van der Waals surface area contributed by atoms with Gasteiger partial charge in [0, 0.05) is 17.1 Å². The van der Waals surface area contributed by atoms with Crippen molar-refractivity contribution in [2.75, 3.05) is 11.9 Å². The molecule has 20 heavy (non-hydrogen) atoms. The molecule has 104 valence electrons. The summed E-state index contributed by atoms with van der Waals surface area (Å²) in [6.45, 7) is 1.63. The Bertz CT molecular complexity index is 689. The first kappa shape index (κ1) is 13.6. The molecule has 0 saturated heterocycles. The summed E-state index contributed by atoms with van der Waals surface area (Å²) < 4.78 is 4.54. The van der Waals surface area contributed by atoms with Gasteiger partial charge in [0.15, 0.2) is 0 Å². The number of anilines is 1. The molecule has 7 heteroatoms. The predicted molar refractivity (Wildman–Crippen MR) is 70.5 cm³/mol. The number of hydrogen-bond donors (Lipinski definition) is 3. The largest absolute Gasteiger partial charge is 0.478 e. The molecule has 1 amide bonds. The van der Waals surface area contributed by atoms with Gasteiger partial charge in [-0.2, -0.15) is 0 Å². The van der Waals surface area contributed by atoms with Gasteiger partial charge in [0.2, 0.25) is 0 Å². The maximum Gasteiger partial charge on any atom is 0.397 e. The molecule has 0 bridgehead atoms. The highest BCUT2D eigenvalue weighted by molar-refractivity contribution is 6.37. The fourth-order valence-corrected chi connectivity index (χ4v) is 1.75. The lowest BCUT2D eigenvalue weighted by Gasteiger charge is -2.08. The molecule has 1 aromatic heterocycles. The van der Waals surface area contributed by atoms with Crippen LogP contribution in [0.4, 0.5) is 5.69 Å². The molecule has 2 aromatic rings. The number of aromatic amines is 1. The molecule has 7 nitrogen and oxygen atoms in total. The second-order valence-corrected chi connectivity index (χ2v) is 3.94. The molecule has 0 saturated carbocycles. The number of hydrogen-bond acceptors (Lipinski definition) is 4. The minimum absolute atomic E-state index is 0.0329. The second-order valence-electron chi connectivity index (χ2n) is 3.94. The molecule has 1 aromatic carbocycles. The van der Waals surface area contributed by atoms with Crippen LogP contribution in [0.2, 0.25) is 0 Å². The maximum absolute atomic E-state index is 11.6. The second kappa shape index (κ2) is 5.43. The molecule has 1 heterocycles. The van der Waals surface area contributed by atoms with Gasteiger partial charge in [-0.15, -0.1) is 0 Å². The number of carbonyl (C=O) groups excluding carboxylic acids is 2. The van der Waals surface area contributed by atoms with Crippen molar-refractivity contribution in [3.8, 4) is 0 Å². The van der Waals surface area contributed by atoms with Crippen molar-refractivity contribution < 1.29 is 24.2 Å². The Morgan fingerprint density at radius 1 is 1.35 bits per heavy atom. The molecule has 0 aliphatic rings. The van der Waals surface area contributed by atoms with E-state index in [-0.39, 0.29) is 17.9 Å². The Kier molecular flexibility index (Phi) is 3.69. The molecule has 0 unspecified atom stereocenters. The molecule has 0 aliphatic carbocycles. The van der Waals surface area contributed by atoms with E-state index in [1.54, 1.807) is 19.2 Å². The maximum atomic E-state index is 11.6. The van der Waals surface area contributed by atoms with E-state index in [4.69, 9.17) is 5.11 Å².